The van der Waals surface area contributed by atoms with Gasteiger partial charge in [-0.3, -0.25) is 0 Å². The van der Waals surface area contributed by atoms with Gasteiger partial charge in [-0.1, -0.05) is 87.3 Å². The van der Waals surface area contributed by atoms with Crippen molar-refractivity contribution in [3.63, 3.8) is 0 Å². The molecular formula is C21H26N2S. The van der Waals surface area contributed by atoms with E-state index in [1.807, 2.05) is 37.3 Å². The Labute approximate surface area is 149 Å². The molecule has 0 fully saturated rings. The summed E-state index contributed by atoms with van der Waals surface area (Å²) >= 11 is 1.74. The minimum atomic E-state index is 0.925. The minimum Gasteiger partial charge on any atom is -0.249 e. The summed E-state index contributed by atoms with van der Waals surface area (Å²) in [7, 11) is 0. The number of unbranched alkanes of at least 4 members (excludes halogenated alkanes) is 2. The molecule has 3 rings (SSSR count). The van der Waals surface area contributed by atoms with Crippen LogP contribution < -0.4 is 0 Å². The number of benzene rings is 2. The lowest BCUT2D eigenvalue weighted by atomic mass is 10.2. The van der Waals surface area contributed by atoms with E-state index in [0.29, 0.717) is 0 Å². The Morgan fingerprint density at radius 3 is 1.96 bits per heavy atom. The van der Waals surface area contributed by atoms with Crippen LogP contribution in [0.5, 0.6) is 0 Å². The summed E-state index contributed by atoms with van der Waals surface area (Å²) in [6.45, 7) is 6.44. The van der Waals surface area contributed by atoms with Gasteiger partial charge in [0, 0.05) is 5.75 Å². The first-order chi connectivity index (χ1) is 11.7. The molecule has 0 aliphatic heterocycles. The summed E-state index contributed by atoms with van der Waals surface area (Å²) in [5.74, 6) is 0.925. The highest BCUT2D eigenvalue weighted by Crippen LogP contribution is 2.25. The monoisotopic (exact) mass is 338 g/mol. The van der Waals surface area contributed by atoms with Crippen molar-refractivity contribution in [2.24, 2.45) is 0 Å². The first-order valence-electron chi connectivity index (χ1n) is 8.64. The van der Waals surface area contributed by atoms with Crippen LogP contribution in [0.4, 0.5) is 0 Å². The topological polar surface area (TPSA) is 25.8 Å². The van der Waals surface area contributed by atoms with Crippen LogP contribution in [-0.2, 0) is 5.75 Å². The first kappa shape index (κ1) is 18.5. The number of para-hydroxylation sites is 2. The van der Waals surface area contributed by atoms with Gasteiger partial charge in [0.15, 0.2) is 0 Å². The van der Waals surface area contributed by atoms with Gasteiger partial charge in [-0.25, -0.2) is 9.97 Å². The van der Waals surface area contributed by atoms with Gasteiger partial charge in [0.2, 0.25) is 0 Å². The highest BCUT2D eigenvalue weighted by Gasteiger charge is 2.05. The van der Waals surface area contributed by atoms with Crippen LogP contribution in [0.1, 0.15) is 44.4 Å². The maximum Gasteiger partial charge on any atom is 0.118 e. The average molecular weight is 339 g/mol. The summed E-state index contributed by atoms with van der Waals surface area (Å²) in [5.41, 5.74) is 4.23. The van der Waals surface area contributed by atoms with Crippen molar-refractivity contribution in [2.45, 2.75) is 50.8 Å². The molecule has 3 aromatic rings. The molecule has 0 spiro atoms. The smallest absolute Gasteiger partial charge is 0.118 e. The number of nitrogens with zero attached hydrogens (tertiary/aromatic N) is 2. The molecule has 1 heterocycles. The molecule has 2 aromatic carbocycles. The van der Waals surface area contributed by atoms with Crippen molar-refractivity contribution in [3.8, 4) is 0 Å². The molecule has 0 unspecified atom stereocenters. The van der Waals surface area contributed by atoms with Gasteiger partial charge < -0.3 is 0 Å². The zero-order valence-corrected chi connectivity index (χ0v) is 15.6. The number of rotatable bonds is 5. The number of aromatic nitrogens is 2. The van der Waals surface area contributed by atoms with Gasteiger partial charge >= 0.3 is 0 Å². The van der Waals surface area contributed by atoms with Crippen LogP contribution in [0.2, 0.25) is 0 Å². The standard InChI is InChI=1S/C16H14N2S.C5H12/c1-12-16(19-11-13-7-3-2-4-8-13)18-15-10-6-5-9-14(15)17-12;1-3-5-4-2/h2-10H,11H2,1H3;3-5H2,1-2H3. The van der Waals surface area contributed by atoms with Crippen LogP contribution in [-0.4, -0.2) is 9.97 Å². The van der Waals surface area contributed by atoms with E-state index in [0.717, 1.165) is 27.5 Å². The van der Waals surface area contributed by atoms with Crippen LogP contribution in [0, 0.1) is 6.92 Å². The zero-order valence-electron chi connectivity index (χ0n) is 14.8. The van der Waals surface area contributed by atoms with E-state index in [1.54, 1.807) is 11.8 Å². The van der Waals surface area contributed by atoms with Crippen LogP contribution in [0.3, 0.4) is 0 Å². The second-order valence-corrected chi connectivity index (χ2v) is 6.69. The molecule has 1 aromatic heterocycles. The van der Waals surface area contributed by atoms with Gasteiger partial charge in [-0.05, 0) is 24.6 Å². The Bertz CT molecular complexity index is 739. The molecule has 0 saturated heterocycles. The summed E-state index contributed by atoms with van der Waals surface area (Å²) in [6, 6.07) is 18.4. The maximum atomic E-state index is 4.69. The second-order valence-electron chi connectivity index (χ2n) is 5.73. The molecule has 24 heavy (non-hydrogen) atoms. The summed E-state index contributed by atoms with van der Waals surface area (Å²) < 4.78 is 0. The van der Waals surface area contributed by atoms with E-state index in [9.17, 15) is 0 Å². The Morgan fingerprint density at radius 2 is 1.38 bits per heavy atom. The number of hydrogen-bond acceptors (Lipinski definition) is 3. The highest BCUT2D eigenvalue weighted by atomic mass is 32.2. The maximum absolute atomic E-state index is 4.69. The summed E-state index contributed by atoms with van der Waals surface area (Å²) in [6.07, 6.45) is 4.08. The third-order valence-electron chi connectivity index (χ3n) is 3.63. The molecule has 2 nitrogen and oxygen atoms in total. The van der Waals surface area contributed by atoms with Crippen molar-refractivity contribution in [1.82, 2.24) is 9.97 Å². The third kappa shape index (κ3) is 5.64. The molecule has 0 aliphatic carbocycles. The number of aryl methyl sites for hydroxylation is 1. The highest BCUT2D eigenvalue weighted by molar-refractivity contribution is 7.98. The predicted molar refractivity (Wildman–Crippen MR) is 105 cm³/mol. The van der Waals surface area contributed by atoms with Crippen molar-refractivity contribution < 1.29 is 0 Å². The Hall–Kier alpha value is -1.87. The van der Waals surface area contributed by atoms with Gasteiger partial charge in [0.05, 0.1) is 16.7 Å². The van der Waals surface area contributed by atoms with E-state index in [4.69, 9.17) is 4.98 Å². The summed E-state index contributed by atoms with van der Waals surface area (Å²) in [4.78, 5) is 9.29. The number of thioether (sulfide) groups is 1. The fraction of sp³-hybridized carbons (Fsp3) is 0.333. The molecule has 0 bridgehead atoms. The van der Waals surface area contributed by atoms with Crippen LogP contribution >= 0.6 is 11.8 Å². The van der Waals surface area contributed by atoms with Crippen molar-refractivity contribution in [1.29, 1.82) is 0 Å². The first-order valence-corrected chi connectivity index (χ1v) is 9.63. The predicted octanol–water partition coefficient (Wildman–Crippen LogP) is 6.43. The summed E-state index contributed by atoms with van der Waals surface area (Å²) in [5, 5.41) is 1.02. The van der Waals surface area contributed by atoms with E-state index >= 15 is 0 Å². The molecule has 0 atom stereocenters. The molecule has 0 saturated carbocycles. The third-order valence-corrected chi connectivity index (χ3v) is 4.76. The van der Waals surface area contributed by atoms with E-state index in [2.05, 4.69) is 43.1 Å². The van der Waals surface area contributed by atoms with E-state index in [1.165, 1.54) is 24.8 Å². The fourth-order valence-electron chi connectivity index (χ4n) is 2.29. The molecule has 3 heteroatoms. The normalized spacial score (nSPS) is 10.3. The van der Waals surface area contributed by atoms with Crippen molar-refractivity contribution in [2.75, 3.05) is 0 Å². The van der Waals surface area contributed by atoms with Crippen LogP contribution in [0.15, 0.2) is 59.6 Å². The number of fused-ring (bicyclic) bond motifs is 1. The van der Waals surface area contributed by atoms with Gasteiger partial charge in [0.1, 0.15) is 5.03 Å². The molecule has 126 valence electrons. The molecule has 0 N–H and O–H groups in total. The molecule has 0 amide bonds. The van der Waals surface area contributed by atoms with Crippen molar-refractivity contribution >= 4 is 22.8 Å². The van der Waals surface area contributed by atoms with Gasteiger partial charge in [-0.2, -0.15) is 0 Å². The second kappa shape index (κ2) is 10.1. The fourth-order valence-corrected chi connectivity index (χ4v) is 3.20. The average Bonchev–Trinajstić information content (AvgIpc) is 2.62. The van der Waals surface area contributed by atoms with Crippen LogP contribution in [0.25, 0.3) is 11.0 Å². The Balaban J connectivity index is 0.000000368. The zero-order chi connectivity index (χ0) is 17.2. The van der Waals surface area contributed by atoms with Crippen molar-refractivity contribution in [3.05, 3.63) is 65.9 Å². The van der Waals surface area contributed by atoms with E-state index in [-0.39, 0.29) is 0 Å². The quantitative estimate of drug-likeness (QED) is 0.501. The Kier molecular flexibility index (Phi) is 7.76. The molecule has 0 aliphatic rings. The largest absolute Gasteiger partial charge is 0.249 e. The Morgan fingerprint density at radius 1 is 0.792 bits per heavy atom. The van der Waals surface area contributed by atoms with E-state index < -0.39 is 0 Å². The molecule has 0 radical (unpaired) electrons. The SMILES string of the molecule is CCCCC.Cc1nc2ccccc2nc1SCc1ccccc1. The minimum absolute atomic E-state index is 0.925. The molecular weight excluding hydrogens is 312 g/mol. The lowest BCUT2D eigenvalue weighted by Gasteiger charge is -2.06. The lowest BCUT2D eigenvalue weighted by Crippen LogP contribution is -1.93. The lowest BCUT2D eigenvalue weighted by molar-refractivity contribution is 0.772. The van der Waals surface area contributed by atoms with Gasteiger partial charge in [-0.15, -0.1) is 0 Å². The number of hydrogen-bond donors (Lipinski definition) is 0. The van der Waals surface area contributed by atoms with Gasteiger partial charge in [0.25, 0.3) is 0 Å².